The number of likely N-dealkylation sites (tertiary alicyclic amines) is 2. The fraction of sp³-hybridized carbons (Fsp3) is 0.880. The molecule has 0 unspecified atom stereocenters. The zero-order valence-electron chi connectivity index (χ0n) is 21.1. The molecule has 33 heavy (non-hydrogen) atoms. The van der Waals surface area contributed by atoms with E-state index < -0.39 is 23.7 Å². The summed E-state index contributed by atoms with van der Waals surface area (Å²) in [4.78, 5) is 38.5. The highest BCUT2D eigenvalue weighted by molar-refractivity contribution is 5.81. The SMILES string of the molecule is CC(C)(C)OC(=O)N1C[C@@H]2CCC[C@@H]2[C@H]1C(=O)O.CC(C)(C)OC(=O)N1C[C@H]2CCC[C@H]2C1. The normalized spacial score (nSPS) is 30.9. The summed E-state index contributed by atoms with van der Waals surface area (Å²) in [5.74, 6) is 1.03. The molecule has 0 spiro atoms. The minimum atomic E-state index is -0.907. The Morgan fingerprint density at radius 1 is 0.727 bits per heavy atom. The van der Waals surface area contributed by atoms with Gasteiger partial charge in [-0.15, -0.1) is 0 Å². The zero-order valence-corrected chi connectivity index (χ0v) is 21.1. The Morgan fingerprint density at radius 2 is 1.21 bits per heavy atom. The van der Waals surface area contributed by atoms with Gasteiger partial charge in [0.1, 0.15) is 17.2 Å². The van der Waals surface area contributed by atoms with E-state index >= 15 is 0 Å². The summed E-state index contributed by atoms with van der Waals surface area (Å²) in [5, 5.41) is 9.33. The van der Waals surface area contributed by atoms with Gasteiger partial charge in [0.2, 0.25) is 0 Å². The van der Waals surface area contributed by atoms with Gasteiger partial charge in [-0.2, -0.15) is 0 Å². The average molecular weight is 467 g/mol. The van der Waals surface area contributed by atoms with Gasteiger partial charge in [-0.25, -0.2) is 14.4 Å². The van der Waals surface area contributed by atoms with Gasteiger partial charge in [-0.3, -0.25) is 4.90 Å². The number of carbonyl (C=O) groups is 3. The number of amides is 2. The molecule has 2 aliphatic carbocycles. The second-order valence-electron chi connectivity index (χ2n) is 12.1. The first-order chi connectivity index (χ1) is 15.2. The van der Waals surface area contributed by atoms with Crippen molar-refractivity contribution in [2.45, 2.75) is 97.3 Å². The van der Waals surface area contributed by atoms with Crippen molar-refractivity contribution in [1.82, 2.24) is 9.80 Å². The van der Waals surface area contributed by atoms with Gasteiger partial charge < -0.3 is 19.5 Å². The van der Waals surface area contributed by atoms with Crippen molar-refractivity contribution in [3.05, 3.63) is 0 Å². The largest absolute Gasteiger partial charge is 0.480 e. The highest BCUT2D eigenvalue weighted by Gasteiger charge is 2.50. The third kappa shape index (κ3) is 6.54. The first-order valence-corrected chi connectivity index (χ1v) is 12.5. The fourth-order valence-electron chi connectivity index (χ4n) is 5.84. The molecule has 0 radical (unpaired) electrons. The summed E-state index contributed by atoms with van der Waals surface area (Å²) >= 11 is 0. The lowest BCUT2D eigenvalue weighted by atomic mass is 9.94. The number of carbonyl (C=O) groups excluding carboxylic acids is 2. The molecule has 2 saturated heterocycles. The smallest absolute Gasteiger partial charge is 0.411 e. The molecule has 0 aromatic heterocycles. The first kappa shape index (κ1) is 25.6. The predicted octanol–water partition coefficient (Wildman–Crippen LogP) is 4.76. The van der Waals surface area contributed by atoms with E-state index in [9.17, 15) is 19.5 Å². The fourth-order valence-corrected chi connectivity index (χ4v) is 5.84. The zero-order chi connectivity index (χ0) is 24.6. The molecule has 2 amide bonds. The molecule has 188 valence electrons. The van der Waals surface area contributed by atoms with Crippen molar-refractivity contribution in [1.29, 1.82) is 0 Å². The number of aliphatic carboxylic acids is 1. The Labute approximate surface area is 198 Å². The summed E-state index contributed by atoms with van der Waals surface area (Å²) in [6.07, 6.45) is 6.31. The molecular formula is C25H42N2O6. The minimum absolute atomic E-state index is 0.106. The lowest BCUT2D eigenvalue weighted by Crippen LogP contribution is -2.45. The molecule has 0 aromatic carbocycles. The maximum absolute atomic E-state index is 12.0. The molecule has 4 fully saturated rings. The van der Waals surface area contributed by atoms with Crippen LogP contribution in [0.15, 0.2) is 0 Å². The van der Waals surface area contributed by atoms with Crippen molar-refractivity contribution >= 4 is 18.2 Å². The summed E-state index contributed by atoms with van der Waals surface area (Å²) in [6.45, 7) is 13.5. The number of hydrogen-bond acceptors (Lipinski definition) is 5. The summed E-state index contributed by atoms with van der Waals surface area (Å²) in [5.41, 5.74) is -0.952. The van der Waals surface area contributed by atoms with E-state index in [1.54, 1.807) is 20.8 Å². The molecule has 4 aliphatic rings. The number of rotatable bonds is 1. The molecule has 5 atom stereocenters. The van der Waals surface area contributed by atoms with Crippen molar-refractivity contribution < 1.29 is 29.0 Å². The quantitative estimate of drug-likeness (QED) is 0.598. The minimum Gasteiger partial charge on any atom is -0.480 e. The van der Waals surface area contributed by atoms with Crippen LogP contribution in [0.2, 0.25) is 0 Å². The molecule has 4 rings (SSSR count). The Morgan fingerprint density at radius 3 is 1.73 bits per heavy atom. The molecule has 8 heteroatoms. The average Bonchev–Trinajstić information content (AvgIpc) is 3.38. The maximum Gasteiger partial charge on any atom is 0.411 e. The van der Waals surface area contributed by atoms with E-state index in [4.69, 9.17) is 9.47 Å². The second-order valence-corrected chi connectivity index (χ2v) is 12.1. The lowest BCUT2D eigenvalue weighted by molar-refractivity contribution is -0.143. The molecule has 2 heterocycles. The van der Waals surface area contributed by atoms with E-state index in [0.717, 1.165) is 44.2 Å². The van der Waals surface area contributed by atoms with Crippen LogP contribution in [0.1, 0.15) is 80.1 Å². The summed E-state index contributed by atoms with van der Waals surface area (Å²) in [7, 11) is 0. The second kappa shape index (κ2) is 9.71. The lowest BCUT2D eigenvalue weighted by Gasteiger charge is -2.28. The van der Waals surface area contributed by atoms with E-state index in [0.29, 0.717) is 12.5 Å². The van der Waals surface area contributed by atoms with Crippen molar-refractivity contribution in [3.8, 4) is 0 Å². The third-order valence-corrected chi connectivity index (χ3v) is 7.15. The molecule has 1 N–H and O–H groups in total. The molecule has 0 aromatic rings. The number of fused-ring (bicyclic) bond motifs is 2. The van der Waals surface area contributed by atoms with Crippen LogP contribution in [0.5, 0.6) is 0 Å². The van der Waals surface area contributed by atoms with E-state index in [1.165, 1.54) is 24.2 Å². The number of carboxylic acid groups (broad SMARTS) is 1. The van der Waals surface area contributed by atoms with Crippen LogP contribution in [0.25, 0.3) is 0 Å². The van der Waals surface area contributed by atoms with Crippen LogP contribution in [-0.2, 0) is 14.3 Å². The standard InChI is InChI=1S/C13H21NO4.C12H21NO2/c1-13(2,3)18-12(17)14-7-8-5-4-6-9(8)10(14)11(15)16;1-12(2,3)15-11(14)13-7-9-5-4-6-10(9)8-13/h8-10H,4-7H2,1-3H3,(H,15,16);9-10H,4-8H2,1-3H3/t8-,9-,10-;9-,10+/m0./s1. The van der Waals surface area contributed by atoms with Gasteiger partial charge in [0.05, 0.1) is 0 Å². The van der Waals surface area contributed by atoms with Gasteiger partial charge in [-0.1, -0.05) is 12.8 Å². The Hall–Kier alpha value is -1.99. The monoisotopic (exact) mass is 466 g/mol. The van der Waals surface area contributed by atoms with Gasteiger partial charge >= 0.3 is 18.2 Å². The topological polar surface area (TPSA) is 96.4 Å². The van der Waals surface area contributed by atoms with Crippen molar-refractivity contribution in [2.24, 2.45) is 23.7 Å². The maximum atomic E-state index is 12.0. The van der Waals surface area contributed by atoms with Crippen LogP contribution >= 0.6 is 0 Å². The molecule has 0 bridgehead atoms. The van der Waals surface area contributed by atoms with Gasteiger partial charge in [0, 0.05) is 19.6 Å². The predicted molar refractivity (Wildman–Crippen MR) is 124 cm³/mol. The van der Waals surface area contributed by atoms with E-state index in [2.05, 4.69) is 0 Å². The van der Waals surface area contributed by atoms with Crippen LogP contribution in [0.3, 0.4) is 0 Å². The Bertz CT molecular complexity index is 728. The van der Waals surface area contributed by atoms with Gasteiger partial charge in [-0.05, 0) is 90.9 Å². The number of nitrogens with zero attached hydrogens (tertiary/aromatic N) is 2. The summed E-state index contributed by atoms with van der Waals surface area (Å²) < 4.78 is 10.7. The van der Waals surface area contributed by atoms with Crippen LogP contribution < -0.4 is 0 Å². The van der Waals surface area contributed by atoms with Crippen LogP contribution in [0, 0.1) is 23.7 Å². The van der Waals surface area contributed by atoms with Gasteiger partial charge in [0.25, 0.3) is 0 Å². The number of hydrogen-bond donors (Lipinski definition) is 1. The molecule has 2 saturated carbocycles. The van der Waals surface area contributed by atoms with E-state index in [1.807, 2.05) is 25.7 Å². The first-order valence-electron chi connectivity index (χ1n) is 12.5. The highest BCUT2D eigenvalue weighted by atomic mass is 16.6. The third-order valence-electron chi connectivity index (χ3n) is 7.15. The number of ether oxygens (including phenoxy) is 2. The Balaban J connectivity index is 0.000000189. The van der Waals surface area contributed by atoms with Crippen LogP contribution in [0.4, 0.5) is 9.59 Å². The molecular weight excluding hydrogens is 424 g/mol. The van der Waals surface area contributed by atoms with Crippen molar-refractivity contribution in [3.63, 3.8) is 0 Å². The van der Waals surface area contributed by atoms with Gasteiger partial charge in [0.15, 0.2) is 0 Å². The molecule has 8 nitrogen and oxygen atoms in total. The highest BCUT2D eigenvalue weighted by Crippen LogP contribution is 2.42. The summed E-state index contributed by atoms with van der Waals surface area (Å²) in [6, 6.07) is -0.702. The Kier molecular flexibility index (Phi) is 7.54. The van der Waals surface area contributed by atoms with Crippen LogP contribution in [-0.4, -0.2) is 69.9 Å². The van der Waals surface area contributed by atoms with E-state index in [-0.39, 0.29) is 17.6 Å². The van der Waals surface area contributed by atoms with Crippen molar-refractivity contribution in [2.75, 3.05) is 19.6 Å². The number of carboxylic acids is 1. The molecule has 2 aliphatic heterocycles.